The smallest absolute Gasteiger partial charge is 0.273 e. The summed E-state index contributed by atoms with van der Waals surface area (Å²) in [5.74, 6) is 0.967. The zero-order valence-corrected chi connectivity index (χ0v) is 14.0. The number of amides is 1. The predicted octanol–water partition coefficient (Wildman–Crippen LogP) is 1.69. The van der Waals surface area contributed by atoms with E-state index in [-0.39, 0.29) is 18.1 Å². The van der Waals surface area contributed by atoms with Crippen LogP contribution in [0.5, 0.6) is 0 Å². The number of ether oxygens (including phenoxy) is 2. The molecule has 3 rings (SSSR count). The topological polar surface area (TPSA) is 99.6 Å². The van der Waals surface area contributed by atoms with E-state index in [0.717, 1.165) is 17.0 Å². The van der Waals surface area contributed by atoms with Crippen LogP contribution in [0.4, 0.5) is 0 Å². The van der Waals surface area contributed by atoms with Gasteiger partial charge in [0.05, 0.1) is 24.9 Å². The molecule has 24 heavy (non-hydrogen) atoms. The Hall–Kier alpha value is -2.19. The maximum atomic E-state index is 12.3. The Balaban J connectivity index is 1.63. The van der Waals surface area contributed by atoms with E-state index in [4.69, 9.17) is 18.4 Å². The highest BCUT2D eigenvalue weighted by Gasteiger charge is 2.30. The number of nitrogens with zero attached hydrogens (tertiary/aromatic N) is 2. The van der Waals surface area contributed by atoms with Crippen molar-refractivity contribution in [1.29, 1.82) is 0 Å². The molecule has 0 unspecified atom stereocenters. The summed E-state index contributed by atoms with van der Waals surface area (Å²) in [6, 6.07) is -0.150. The van der Waals surface area contributed by atoms with Gasteiger partial charge >= 0.3 is 0 Å². The third kappa shape index (κ3) is 3.49. The van der Waals surface area contributed by atoms with Crippen LogP contribution in [0.3, 0.4) is 0 Å². The van der Waals surface area contributed by atoms with Crippen molar-refractivity contribution in [2.75, 3.05) is 13.2 Å². The zero-order chi connectivity index (χ0) is 17.1. The summed E-state index contributed by atoms with van der Waals surface area (Å²) in [4.78, 5) is 16.3. The quantitative estimate of drug-likeness (QED) is 0.887. The van der Waals surface area contributed by atoms with Gasteiger partial charge in [0.1, 0.15) is 17.6 Å². The van der Waals surface area contributed by atoms with Crippen LogP contribution in [-0.4, -0.2) is 41.4 Å². The van der Waals surface area contributed by atoms with E-state index < -0.39 is 0 Å². The molecule has 1 N–H and O–H groups in total. The zero-order valence-electron chi connectivity index (χ0n) is 14.0. The van der Waals surface area contributed by atoms with Gasteiger partial charge in [-0.2, -0.15) is 0 Å². The van der Waals surface area contributed by atoms with E-state index in [1.165, 1.54) is 6.39 Å². The lowest BCUT2D eigenvalue weighted by molar-refractivity contribution is -0.0739. The normalized spacial score (nSPS) is 21.0. The van der Waals surface area contributed by atoms with Gasteiger partial charge in [-0.3, -0.25) is 4.79 Å². The second kappa shape index (κ2) is 7.14. The SMILES string of the molecule is Cc1noc(C)c1CO[C@@H]1COCC[C@H]1NC(=O)c1ncoc1C. The Bertz CT molecular complexity index is 689. The minimum atomic E-state index is -0.265. The second-order valence-corrected chi connectivity index (χ2v) is 5.85. The number of carbonyl (C=O) groups excluding carboxylic acids is 1. The monoisotopic (exact) mass is 335 g/mol. The van der Waals surface area contributed by atoms with E-state index in [0.29, 0.717) is 37.7 Å². The molecule has 1 aliphatic heterocycles. The van der Waals surface area contributed by atoms with Crippen molar-refractivity contribution in [3.63, 3.8) is 0 Å². The van der Waals surface area contributed by atoms with Gasteiger partial charge in [0.2, 0.25) is 0 Å². The maximum absolute atomic E-state index is 12.3. The highest BCUT2D eigenvalue weighted by atomic mass is 16.5. The van der Waals surface area contributed by atoms with E-state index in [9.17, 15) is 4.79 Å². The first kappa shape index (κ1) is 16.7. The largest absolute Gasteiger partial charge is 0.448 e. The van der Waals surface area contributed by atoms with Crippen molar-refractivity contribution in [3.8, 4) is 0 Å². The van der Waals surface area contributed by atoms with Crippen LogP contribution in [-0.2, 0) is 16.1 Å². The first-order valence-corrected chi connectivity index (χ1v) is 7.88. The van der Waals surface area contributed by atoms with Crippen LogP contribution in [0.25, 0.3) is 0 Å². The molecule has 8 nitrogen and oxygen atoms in total. The Kier molecular flexibility index (Phi) is 4.96. The Labute approximate surface area is 139 Å². The molecule has 1 saturated heterocycles. The average molecular weight is 335 g/mol. The van der Waals surface area contributed by atoms with Crippen LogP contribution >= 0.6 is 0 Å². The molecule has 0 saturated carbocycles. The Morgan fingerprint density at radius 3 is 2.88 bits per heavy atom. The average Bonchev–Trinajstić information content (AvgIpc) is 3.13. The van der Waals surface area contributed by atoms with Gasteiger partial charge in [0.15, 0.2) is 12.1 Å². The fraction of sp³-hybridized carbons (Fsp3) is 0.562. The van der Waals surface area contributed by atoms with E-state index in [2.05, 4.69) is 15.5 Å². The molecule has 1 amide bonds. The van der Waals surface area contributed by atoms with Gasteiger partial charge in [-0.05, 0) is 27.2 Å². The predicted molar refractivity (Wildman–Crippen MR) is 82.5 cm³/mol. The van der Waals surface area contributed by atoms with Crippen LogP contribution in [0.1, 0.15) is 39.7 Å². The Morgan fingerprint density at radius 2 is 2.21 bits per heavy atom. The lowest BCUT2D eigenvalue weighted by atomic mass is 10.1. The highest BCUT2D eigenvalue weighted by molar-refractivity contribution is 5.93. The van der Waals surface area contributed by atoms with Gasteiger partial charge in [-0.25, -0.2) is 4.98 Å². The molecular formula is C16H21N3O5. The second-order valence-electron chi connectivity index (χ2n) is 5.85. The number of nitrogens with one attached hydrogen (secondary N) is 1. The fourth-order valence-electron chi connectivity index (χ4n) is 2.70. The summed E-state index contributed by atoms with van der Waals surface area (Å²) in [7, 11) is 0. The minimum Gasteiger partial charge on any atom is -0.448 e. The molecule has 0 aliphatic carbocycles. The molecule has 3 heterocycles. The molecule has 0 bridgehead atoms. The van der Waals surface area contributed by atoms with E-state index in [1.807, 2.05) is 13.8 Å². The van der Waals surface area contributed by atoms with Gasteiger partial charge in [0, 0.05) is 12.2 Å². The van der Waals surface area contributed by atoms with Crippen molar-refractivity contribution in [1.82, 2.24) is 15.5 Å². The number of carbonyl (C=O) groups is 1. The fourth-order valence-corrected chi connectivity index (χ4v) is 2.70. The van der Waals surface area contributed by atoms with Crippen molar-refractivity contribution in [2.45, 2.75) is 45.9 Å². The molecule has 2 atom stereocenters. The third-order valence-electron chi connectivity index (χ3n) is 4.20. The maximum Gasteiger partial charge on any atom is 0.273 e. The number of hydrogen-bond donors (Lipinski definition) is 1. The molecule has 2 aromatic heterocycles. The summed E-state index contributed by atoms with van der Waals surface area (Å²) in [5.41, 5.74) is 2.03. The molecular weight excluding hydrogens is 314 g/mol. The number of rotatable bonds is 5. The van der Waals surface area contributed by atoms with E-state index >= 15 is 0 Å². The summed E-state index contributed by atoms with van der Waals surface area (Å²) in [6.45, 7) is 6.80. The first-order chi connectivity index (χ1) is 11.6. The number of hydrogen-bond acceptors (Lipinski definition) is 7. The van der Waals surface area contributed by atoms with Crippen molar-refractivity contribution >= 4 is 5.91 Å². The molecule has 130 valence electrons. The van der Waals surface area contributed by atoms with Gasteiger partial charge < -0.3 is 23.7 Å². The van der Waals surface area contributed by atoms with Crippen molar-refractivity contribution < 1.29 is 23.2 Å². The molecule has 0 spiro atoms. The molecule has 8 heteroatoms. The van der Waals surface area contributed by atoms with Gasteiger partial charge in [0.25, 0.3) is 5.91 Å². The van der Waals surface area contributed by atoms with Crippen LogP contribution in [0, 0.1) is 20.8 Å². The molecule has 2 aromatic rings. The number of oxazole rings is 1. The molecule has 1 fully saturated rings. The summed E-state index contributed by atoms with van der Waals surface area (Å²) in [6.07, 6.45) is 1.69. The third-order valence-corrected chi connectivity index (χ3v) is 4.20. The lowest BCUT2D eigenvalue weighted by Gasteiger charge is -2.31. The number of aryl methyl sites for hydroxylation is 3. The van der Waals surface area contributed by atoms with Crippen LogP contribution < -0.4 is 5.32 Å². The van der Waals surface area contributed by atoms with Gasteiger partial charge in [-0.15, -0.1) is 0 Å². The van der Waals surface area contributed by atoms with Crippen molar-refractivity contribution in [2.24, 2.45) is 0 Å². The lowest BCUT2D eigenvalue weighted by Crippen LogP contribution is -2.50. The van der Waals surface area contributed by atoms with Crippen molar-refractivity contribution in [3.05, 3.63) is 34.9 Å². The summed E-state index contributed by atoms with van der Waals surface area (Å²) >= 11 is 0. The Morgan fingerprint density at radius 1 is 1.38 bits per heavy atom. The highest BCUT2D eigenvalue weighted by Crippen LogP contribution is 2.18. The van der Waals surface area contributed by atoms with Crippen LogP contribution in [0.2, 0.25) is 0 Å². The molecule has 0 aromatic carbocycles. The molecule has 1 aliphatic rings. The number of aromatic nitrogens is 2. The first-order valence-electron chi connectivity index (χ1n) is 7.88. The minimum absolute atomic E-state index is 0.150. The standard InChI is InChI=1S/C16H21N3O5/c1-9-12(10(2)24-19-9)6-22-14-7-21-5-4-13(14)18-16(20)15-11(3)23-8-17-15/h8,13-14H,4-7H2,1-3H3,(H,18,20)/t13-,14-/m1/s1. The molecule has 0 radical (unpaired) electrons. The van der Waals surface area contributed by atoms with Crippen LogP contribution in [0.15, 0.2) is 15.3 Å². The summed E-state index contributed by atoms with van der Waals surface area (Å²) < 4.78 is 21.7. The van der Waals surface area contributed by atoms with E-state index in [1.54, 1.807) is 6.92 Å². The van der Waals surface area contributed by atoms with Gasteiger partial charge in [-0.1, -0.05) is 5.16 Å². The summed E-state index contributed by atoms with van der Waals surface area (Å²) in [5, 5.41) is 6.88.